The number of aromatic nitrogens is 2. The first-order valence-corrected chi connectivity index (χ1v) is 6.99. The van der Waals surface area contributed by atoms with Crippen LogP contribution in [0.3, 0.4) is 0 Å². The monoisotopic (exact) mass is 262 g/mol. The number of rotatable bonds is 6. The number of carboxylic acid groups (broad SMARTS) is 1. The SMILES string of the molecule is CC(c1noc(CCCC(=O)O)n1)S(C)(=O)=O. The zero-order valence-electron chi connectivity index (χ0n) is 9.58. The molecule has 1 rings (SSSR count). The molecule has 1 unspecified atom stereocenters. The summed E-state index contributed by atoms with van der Waals surface area (Å²) < 4.78 is 27.3. The Hall–Kier alpha value is -1.44. The molecule has 1 atom stereocenters. The highest BCUT2D eigenvalue weighted by atomic mass is 32.2. The lowest BCUT2D eigenvalue weighted by Gasteiger charge is -2.01. The summed E-state index contributed by atoms with van der Waals surface area (Å²) in [4.78, 5) is 14.2. The van der Waals surface area contributed by atoms with E-state index in [1.807, 2.05) is 0 Å². The molecule has 1 aromatic rings. The van der Waals surface area contributed by atoms with Gasteiger partial charge in [-0.2, -0.15) is 4.98 Å². The van der Waals surface area contributed by atoms with Crippen LogP contribution >= 0.6 is 0 Å². The van der Waals surface area contributed by atoms with Crippen LogP contribution in [0.2, 0.25) is 0 Å². The fraction of sp³-hybridized carbons (Fsp3) is 0.667. The molecule has 0 radical (unpaired) electrons. The van der Waals surface area contributed by atoms with Gasteiger partial charge < -0.3 is 9.63 Å². The molecule has 0 saturated heterocycles. The van der Waals surface area contributed by atoms with Gasteiger partial charge in [-0.05, 0) is 13.3 Å². The summed E-state index contributed by atoms with van der Waals surface area (Å²) in [6.07, 6.45) is 1.82. The van der Waals surface area contributed by atoms with Gasteiger partial charge in [0.05, 0.1) is 0 Å². The molecule has 0 saturated carbocycles. The smallest absolute Gasteiger partial charge is 0.303 e. The van der Waals surface area contributed by atoms with E-state index in [0.29, 0.717) is 12.8 Å². The van der Waals surface area contributed by atoms with Crippen molar-refractivity contribution in [2.45, 2.75) is 31.4 Å². The van der Waals surface area contributed by atoms with Crippen LogP contribution in [0.25, 0.3) is 0 Å². The minimum absolute atomic E-state index is 0.0132. The van der Waals surface area contributed by atoms with E-state index in [4.69, 9.17) is 9.63 Å². The number of sulfone groups is 1. The van der Waals surface area contributed by atoms with E-state index >= 15 is 0 Å². The highest BCUT2D eigenvalue weighted by Gasteiger charge is 2.22. The van der Waals surface area contributed by atoms with Gasteiger partial charge in [0, 0.05) is 19.1 Å². The van der Waals surface area contributed by atoms with Crippen LogP contribution in [0.15, 0.2) is 4.52 Å². The average molecular weight is 262 g/mol. The van der Waals surface area contributed by atoms with E-state index in [2.05, 4.69) is 10.1 Å². The molecule has 0 aliphatic carbocycles. The van der Waals surface area contributed by atoms with Gasteiger partial charge in [-0.3, -0.25) is 4.79 Å². The van der Waals surface area contributed by atoms with Crippen LogP contribution in [0.4, 0.5) is 0 Å². The second-order valence-corrected chi connectivity index (χ2v) is 6.13. The van der Waals surface area contributed by atoms with E-state index in [0.717, 1.165) is 6.26 Å². The normalized spacial score (nSPS) is 13.5. The summed E-state index contributed by atoms with van der Waals surface area (Å²) in [6.45, 7) is 1.47. The van der Waals surface area contributed by atoms with Gasteiger partial charge in [-0.25, -0.2) is 8.42 Å². The van der Waals surface area contributed by atoms with Crippen molar-refractivity contribution in [2.24, 2.45) is 0 Å². The lowest BCUT2D eigenvalue weighted by atomic mass is 10.2. The van der Waals surface area contributed by atoms with Crippen LogP contribution in [0.1, 0.15) is 36.7 Å². The maximum atomic E-state index is 11.2. The fourth-order valence-corrected chi connectivity index (χ4v) is 1.60. The molecule has 0 aliphatic rings. The second kappa shape index (κ2) is 5.26. The fourth-order valence-electron chi connectivity index (χ4n) is 1.12. The Morgan fingerprint density at radius 1 is 1.53 bits per heavy atom. The maximum Gasteiger partial charge on any atom is 0.303 e. The molecule has 1 aromatic heterocycles. The summed E-state index contributed by atoms with van der Waals surface area (Å²) in [7, 11) is -3.26. The summed E-state index contributed by atoms with van der Waals surface area (Å²) in [5, 5.41) is 11.2. The predicted octanol–water partition coefficient (Wildman–Crippen LogP) is 0.583. The second-order valence-electron chi connectivity index (χ2n) is 3.77. The van der Waals surface area contributed by atoms with Crippen molar-refractivity contribution in [3.8, 4) is 0 Å². The van der Waals surface area contributed by atoms with Crippen molar-refractivity contribution in [1.29, 1.82) is 0 Å². The number of hydrogen-bond donors (Lipinski definition) is 1. The zero-order valence-corrected chi connectivity index (χ0v) is 10.4. The molecule has 1 N–H and O–H groups in total. The quantitative estimate of drug-likeness (QED) is 0.798. The summed E-state index contributed by atoms with van der Waals surface area (Å²) in [6, 6.07) is 0. The van der Waals surface area contributed by atoms with E-state index in [1.54, 1.807) is 0 Å². The summed E-state index contributed by atoms with van der Waals surface area (Å²) in [5.41, 5.74) is 0. The topological polar surface area (TPSA) is 110 Å². The molecule has 0 fully saturated rings. The van der Waals surface area contributed by atoms with Crippen LogP contribution in [0, 0.1) is 0 Å². The van der Waals surface area contributed by atoms with E-state index in [1.165, 1.54) is 6.92 Å². The summed E-state index contributed by atoms with van der Waals surface area (Å²) in [5.74, 6) is -0.524. The van der Waals surface area contributed by atoms with Crippen molar-refractivity contribution in [1.82, 2.24) is 10.1 Å². The van der Waals surface area contributed by atoms with Gasteiger partial charge in [0.2, 0.25) is 5.89 Å². The first-order valence-electron chi connectivity index (χ1n) is 5.04. The van der Waals surface area contributed by atoms with Crippen molar-refractivity contribution < 1.29 is 22.8 Å². The molecule has 0 aliphatic heterocycles. The highest BCUT2D eigenvalue weighted by molar-refractivity contribution is 7.90. The largest absolute Gasteiger partial charge is 0.481 e. The molecule has 0 bridgehead atoms. The maximum absolute atomic E-state index is 11.2. The van der Waals surface area contributed by atoms with Gasteiger partial charge in [0.15, 0.2) is 15.7 Å². The minimum Gasteiger partial charge on any atom is -0.481 e. The van der Waals surface area contributed by atoms with Crippen molar-refractivity contribution in [3.05, 3.63) is 11.7 Å². The van der Waals surface area contributed by atoms with Gasteiger partial charge in [-0.1, -0.05) is 5.16 Å². The minimum atomic E-state index is -3.26. The Morgan fingerprint density at radius 3 is 2.71 bits per heavy atom. The standard InChI is InChI=1S/C9H14N2O5S/c1-6(17(2,14)15)9-10-7(16-11-9)4-3-5-8(12)13/h6H,3-5H2,1-2H3,(H,12,13). The van der Waals surface area contributed by atoms with E-state index in [-0.39, 0.29) is 18.1 Å². The van der Waals surface area contributed by atoms with Crippen molar-refractivity contribution in [2.75, 3.05) is 6.26 Å². The molecular weight excluding hydrogens is 248 g/mol. The van der Waals surface area contributed by atoms with Gasteiger partial charge in [0.1, 0.15) is 5.25 Å². The number of aliphatic carboxylic acids is 1. The lowest BCUT2D eigenvalue weighted by molar-refractivity contribution is -0.137. The highest BCUT2D eigenvalue weighted by Crippen LogP contribution is 2.17. The predicted molar refractivity (Wildman–Crippen MR) is 58.1 cm³/mol. The molecule has 8 heteroatoms. The van der Waals surface area contributed by atoms with Crippen LogP contribution in [0.5, 0.6) is 0 Å². The Balaban J connectivity index is 2.63. The first-order chi connectivity index (χ1) is 7.80. The number of hydrogen-bond acceptors (Lipinski definition) is 6. The van der Waals surface area contributed by atoms with Crippen molar-refractivity contribution in [3.63, 3.8) is 0 Å². The third-order valence-electron chi connectivity index (χ3n) is 2.27. The van der Waals surface area contributed by atoms with E-state index < -0.39 is 21.1 Å². The average Bonchev–Trinajstić information content (AvgIpc) is 2.63. The van der Waals surface area contributed by atoms with Gasteiger partial charge in [0.25, 0.3) is 0 Å². The first kappa shape index (κ1) is 13.6. The molecule has 0 amide bonds. The molecule has 0 aromatic carbocycles. The molecular formula is C9H14N2O5S. The number of carbonyl (C=O) groups is 1. The number of aryl methyl sites for hydroxylation is 1. The number of nitrogens with zero attached hydrogens (tertiary/aromatic N) is 2. The van der Waals surface area contributed by atoms with Crippen LogP contribution in [-0.4, -0.2) is 35.9 Å². The molecule has 1 heterocycles. The lowest BCUT2D eigenvalue weighted by Crippen LogP contribution is -2.09. The molecule has 0 spiro atoms. The third kappa shape index (κ3) is 4.14. The molecule has 7 nitrogen and oxygen atoms in total. The Morgan fingerprint density at radius 2 is 2.18 bits per heavy atom. The van der Waals surface area contributed by atoms with Gasteiger partial charge in [-0.15, -0.1) is 0 Å². The molecule has 17 heavy (non-hydrogen) atoms. The summed E-state index contributed by atoms with van der Waals surface area (Å²) >= 11 is 0. The zero-order chi connectivity index (χ0) is 13.1. The van der Waals surface area contributed by atoms with Crippen LogP contribution in [-0.2, 0) is 21.1 Å². The Kier molecular flexibility index (Phi) is 4.22. The third-order valence-corrected chi connectivity index (χ3v) is 3.77. The molecule has 96 valence electrons. The Bertz CT molecular complexity index is 493. The van der Waals surface area contributed by atoms with Gasteiger partial charge >= 0.3 is 5.97 Å². The van der Waals surface area contributed by atoms with Crippen molar-refractivity contribution >= 4 is 15.8 Å². The van der Waals surface area contributed by atoms with E-state index in [9.17, 15) is 13.2 Å². The number of carboxylic acids is 1. The van der Waals surface area contributed by atoms with Crippen LogP contribution < -0.4 is 0 Å². The Labute approximate surface area is 98.8 Å².